The number of ether oxygens (including phenoxy) is 1. The van der Waals surface area contributed by atoms with E-state index in [-0.39, 0.29) is 0 Å². The average molecular weight is 647 g/mol. The molecule has 236 valence electrons. The fourth-order valence-corrected chi connectivity index (χ4v) is 8.46. The van der Waals surface area contributed by atoms with Crippen molar-refractivity contribution in [3.8, 4) is 56.0 Å². The first-order valence-corrected chi connectivity index (χ1v) is 17.6. The van der Waals surface area contributed by atoms with Gasteiger partial charge in [0.05, 0.1) is 0 Å². The SMILES string of the molecule is c1cc(-c2c3ccccc3c(-c3ccc4cc(-c5ccc6ccccc6c5)ccc4c3)c3ccccc23)c2c(c1)-c1cccc3cccc(c13)O2. The number of fused-ring (bicyclic) bond motifs is 6. The van der Waals surface area contributed by atoms with E-state index in [4.69, 9.17) is 4.74 Å². The highest BCUT2D eigenvalue weighted by Crippen LogP contribution is 2.53. The van der Waals surface area contributed by atoms with Gasteiger partial charge in [0.2, 0.25) is 0 Å². The van der Waals surface area contributed by atoms with Crippen LogP contribution in [0.3, 0.4) is 0 Å². The summed E-state index contributed by atoms with van der Waals surface area (Å²) in [5, 5.41) is 12.3. The molecule has 11 rings (SSSR count). The highest BCUT2D eigenvalue weighted by Gasteiger charge is 2.25. The van der Waals surface area contributed by atoms with Gasteiger partial charge in [0, 0.05) is 22.1 Å². The van der Waals surface area contributed by atoms with E-state index in [1.165, 1.54) is 87.2 Å². The lowest BCUT2D eigenvalue weighted by atomic mass is 9.84. The van der Waals surface area contributed by atoms with Crippen molar-refractivity contribution >= 4 is 53.9 Å². The Labute approximate surface area is 295 Å². The minimum Gasteiger partial charge on any atom is -0.455 e. The highest BCUT2D eigenvalue weighted by atomic mass is 16.5. The van der Waals surface area contributed by atoms with Gasteiger partial charge in [-0.25, -0.2) is 0 Å². The predicted molar refractivity (Wildman–Crippen MR) is 216 cm³/mol. The van der Waals surface area contributed by atoms with Crippen molar-refractivity contribution < 1.29 is 4.74 Å². The van der Waals surface area contributed by atoms with Gasteiger partial charge in [-0.2, -0.15) is 0 Å². The Morgan fingerprint density at radius 3 is 1.47 bits per heavy atom. The molecule has 1 aliphatic heterocycles. The molecule has 0 aliphatic carbocycles. The molecule has 0 amide bonds. The van der Waals surface area contributed by atoms with E-state index in [0.717, 1.165) is 22.6 Å². The molecule has 0 saturated heterocycles. The lowest BCUT2D eigenvalue weighted by Crippen LogP contribution is -2.00. The summed E-state index contributed by atoms with van der Waals surface area (Å²) in [6, 6.07) is 66.3. The van der Waals surface area contributed by atoms with Gasteiger partial charge in [0.1, 0.15) is 11.5 Å². The lowest BCUT2D eigenvalue weighted by Gasteiger charge is -2.25. The van der Waals surface area contributed by atoms with Crippen molar-refractivity contribution in [3.05, 3.63) is 182 Å². The number of para-hydroxylation sites is 1. The van der Waals surface area contributed by atoms with Crippen LogP contribution in [-0.2, 0) is 0 Å². The monoisotopic (exact) mass is 646 g/mol. The maximum Gasteiger partial charge on any atom is 0.143 e. The van der Waals surface area contributed by atoms with Gasteiger partial charge in [0.25, 0.3) is 0 Å². The van der Waals surface area contributed by atoms with E-state index in [9.17, 15) is 0 Å². The molecular weight excluding hydrogens is 617 g/mol. The normalized spacial score (nSPS) is 12.1. The van der Waals surface area contributed by atoms with Crippen LogP contribution in [0.15, 0.2) is 182 Å². The van der Waals surface area contributed by atoms with Gasteiger partial charge in [0.15, 0.2) is 0 Å². The topological polar surface area (TPSA) is 9.23 Å². The molecule has 0 atom stereocenters. The molecule has 1 heterocycles. The minimum atomic E-state index is 0.910. The molecule has 1 nitrogen and oxygen atoms in total. The molecule has 0 fully saturated rings. The third-order valence-corrected chi connectivity index (χ3v) is 10.8. The van der Waals surface area contributed by atoms with Crippen LogP contribution in [0, 0.1) is 0 Å². The number of hydrogen-bond acceptors (Lipinski definition) is 1. The van der Waals surface area contributed by atoms with Gasteiger partial charge >= 0.3 is 0 Å². The molecule has 0 bridgehead atoms. The Morgan fingerprint density at radius 1 is 0.294 bits per heavy atom. The largest absolute Gasteiger partial charge is 0.455 e. The Balaban J connectivity index is 1.11. The molecular formula is C50H30O. The summed E-state index contributed by atoms with van der Waals surface area (Å²) in [6.07, 6.45) is 0. The number of hydrogen-bond donors (Lipinski definition) is 0. The second-order valence-corrected chi connectivity index (χ2v) is 13.6. The Kier molecular flexibility index (Phi) is 6.02. The first-order valence-electron chi connectivity index (χ1n) is 17.6. The fourth-order valence-electron chi connectivity index (χ4n) is 8.46. The van der Waals surface area contributed by atoms with Gasteiger partial charge in [-0.05, 0) is 101 Å². The molecule has 0 saturated carbocycles. The van der Waals surface area contributed by atoms with Crippen molar-refractivity contribution in [2.75, 3.05) is 0 Å². The Hall–Kier alpha value is -6.70. The molecule has 10 aromatic carbocycles. The molecule has 0 spiro atoms. The Bertz CT molecular complexity index is 3000. The van der Waals surface area contributed by atoms with Crippen molar-refractivity contribution in [3.63, 3.8) is 0 Å². The molecule has 51 heavy (non-hydrogen) atoms. The van der Waals surface area contributed by atoms with E-state index in [1.54, 1.807) is 0 Å². The quantitative estimate of drug-likeness (QED) is 0.174. The summed E-state index contributed by atoms with van der Waals surface area (Å²) in [6.45, 7) is 0. The van der Waals surface area contributed by atoms with Gasteiger partial charge in [-0.15, -0.1) is 0 Å². The number of benzene rings is 10. The third kappa shape index (κ3) is 4.28. The second kappa shape index (κ2) is 10.9. The van der Waals surface area contributed by atoms with Crippen molar-refractivity contribution in [2.24, 2.45) is 0 Å². The molecule has 1 aliphatic rings. The summed E-state index contributed by atoms with van der Waals surface area (Å²) >= 11 is 0. The van der Waals surface area contributed by atoms with Crippen molar-refractivity contribution in [1.29, 1.82) is 0 Å². The van der Waals surface area contributed by atoms with Crippen LogP contribution in [0.25, 0.3) is 98.4 Å². The smallest absolute Gasteiger partial charge is 0.143 e. The summed E-state index contributed by atoms with van der Waals surface area (Å²) in [7, 11) is 0. The van der Waals surface area contributed by atoms with E-state index in [1.807, 2.05) is 0 Å². The van der Waals surface area contributed by atoms with Crippen molar-refractivity contribution in [1.82, 2.24) is 0 Å². The maximum absolute atomic E-state index is 6.86. The van der Waals surface area contributed by atoms with Crippen LogP contribution in [0.4, 0.5) is 0 Å². The molecule has 1 heteroatoms. The minimum absolute atomic E-state index is 0.910. The Morgan fingerprint density at radius 2 is 0.765 bits per heavy atom. The average Bonchev–Trinajstić information content (AvgIpc) is 3.19. The first kappa shape index (κ1) is 28.2. The van der Waals surface area contributed by atoms with E-state index in [2.05, 4.69) is 182 Å². The van der Waals surface area contributed by atoms with Crippen LogP contribution < -0.4 is 4.74 Å². The highest BCUT2D eigenvalue weighted by molar-refractivity contribution is 6.23. The van der Waals surface area contributed by atoms with Crippen LogP contribution in [0.2, 0.25) is 0 Å². The van der Waals surface area contributed by atoms with Crippen LogP contribution in [-0.4, -0.2) is 0 Å². The summed E-state index contributed by atoms with van der Waals surface area (Å²) in [4.78, 5) is 0. The predicted octanol–water partition coefficient (Wildman–Crippen LogP) is 14.2. The third-order valence-electron chi connectivity index (χ3n) is 10.8. The van der Waals surface area contributed by atoms with Crippen LogP contribution >= 0.6 is 0 Å². The van der Waals surface area contributed by atoms with Crippen LogP contribution in [0.5, 0.6) is 11.5 Å². The van der Waals surface area contributed by atoms with Gasteiger partial charge in [-0.3, -0.25) is 0 Å². The fraction of sp³-hybridized carbons (Fsp3) is 0. The van der Waals surface area contributed by atoms with E-state index < -0.39 is 0 Å². The maximum atomic E-state index is 6.86. The van der Waals surface area contributed by atoms with E-state index >= 15 is 0 Å². The molecule has 0 aromatic heterocycles. The summed E-state index contributed by atoms with van der Waals surface area (Å²) in [5.41, 5.74) is 9.60. The number of rotatable bonds is 3. The van der Waals surface area contributed by atoms with Gasteiger partial charge in [-0.1, -0.05) is 158 Å². The summed E-state index contributed by atoms with van der Waals surface area (Å²) < 4.78 is 6.86. The van der Waals surface area contributed by atoms with Gasteiger partial charge < -0.3 is 4.74 Å². The standard InChI is InChI=1S/C50H30O/c1-2-11-33-28-34(23-22-31(33)10-1)35-24-25-37-30-38(27-26-36(37)29-35)47-39-14-3-5-16-41(39)49(42-17-6-4-15-40(42)47)45-20-9-19-44-43-18-7-12-32-13-8-21-46(48(32)43)51-50(44)45/h1-30H. The molecule has 0 N–H and O–H groups in total. The van der Waals surface area contributed by atoms with E-state index in [0.29, 0.717) is 0 Å². The first-order chi connectivity index (χ1) is 25.3. The van der Waals surface area contributed by atoms with Crippen LogP contribution in [0.1, 0.15) is 0 Å². The van der Waals surface area contributed by atoms with Crippen molar-refractivity contribution in [2.45, 2.75) is 0 Å². The molecule has 0 unspecified atom stereocenters. The summed E-state index contributed by atoms with van der Waals surface area (Å²) in [5.74, 6) is 1.83. The lowest BCUT2D eigenvalue weighted by molar-refractivity contribution is 0.489. The molecule has 10 aromatic rings. The second-order valence-electron chi connectivity index (χ2n) is 13.6. The zero-order valence-corrected chi connectivity index (χ0v) is 27.7. The molecule has 0 radical (unpaired) electrons. The zero-order chi connectivity index (χ0) is 33.5. The zero-order valence-electron chi connectivity index (χ0n) is 27.7.